The molecule has 1 heterocycles. The Morgan fingerprint density at radius 3 is 2.71 bits per heavy atom. The molecular weight excluding hydrogens is 210 g/mol. The molecule has 0 spiro atoms. The first kappa shape index (κ1) is 10.6. The van der Waals surface area contributed by atoms with Crippen molar-refractivity contribution in [3.8, 4) is 0 Å². The maximum absolute atomic E-state index is 9.18. The average molecular weight is 227 g/mol. The number of rotatable bonds is 2. The fourth-order valence-electron chi connectivity index (χ4n) is 2.59. The van der Waals surface area contributed by atoms with Gasteiger partial charge in [-0.2, -0.15) is 0 Å². The van der Waals surface area contributed by atoms with Gasteiger partial charge in [-0.15, -0.1) is 0 Å². The van der Waals surface area contributed by atoms with Crippen LogP contribution in [0.4, 0.5) is 5.69 Å². The monoisotopic (exact) mass is 227 g/mol. The number of hydrogen-bond donors (Lipinski definition) is 1. The lowest BCUT2D eigenvalue weighted by molar-refractivity contribution is 0.238. The van der Waals surface area contributed by atoms with E-state index in [1.54, 1.807) is 0 Å². The Labute approximate surface area is 101 Å². The van der Waals surface area contributed by atoms with Gasteiger partial charge < -0.3 is 10.0 Å². The Morgan fingerprint density at radius 1 is 1.12 bits per heavy atom. The van der Waals surface area contributed by atoms with E-state index in [-0.39, 0.29) is 0 Å². The van der Waals surface area contributed by atoms with Crippen LogP contribution in [-0.2, 0) is 0 Å². The number of nitrogens with zero attached hydrogens (tertiary/aromatic N) is 1. The van der Waals surface area contributed by atoms with Gasteiger partial charge in [-0.05, 0) is 29.3 Å². The molecule has 2 aromatic carbocycles. The van der Waals surface area contributed by atoms with E-state index in [4.69, 9.17) is 0 Å². The second-order valence-corrected chi connectivity index (χ2v) is 4.81. The molecule has 88 valence electrons. The molecular formula is C15H17NO. The predicted molar refractivity (Wildman–Crippen MR) is 71.4 cm³/mol. The first-order valence-electron chi connectivity index (χ1n) is 6.21. The summed E-state index contributed by atoms with van der Waals surface area (Å²) in [5.41, 5.74) is 1.28. The van der Waals surface area contributed by atoms with Crippen molar-refractivity contribution in [1.82, 2.24) is 0 Å². The Morgan fingerprint density at radius 2 is 1.94 bits per heavy atom. The lowest BCUT2D eigenvalue weighted by atomic mass is 10.1. The Bertz CT molecular complexity index is 523. The summed E-state index contributed by atoms with van der Waals surface area (Å²) >= 11 is 0. The van der Waals surface area contributed by atoms with Crippen molar-refractivity contribution in [2.75, 3.05) is 24.6 Å². The van der Waals surface area contributed by atoms with Gasteiger partial charge in [0.15, 0.2) is 0 Å². The van der Waals surface area contributed by atoms with Crippen LogP contribution in [0.2, 0.25) is 0 Å². The van der Waals surface area contributed by atoms with Crippen molar-refractivity contribution in [3.63, 3.8) is 0 Å². The van der Waals surface area contributed by atoms with Crippen molar-refractivity contribution in [3.05, 3.63) is 42.5 Å². The highest BCUT2D eigenvalue weighted by molar-refractivity contribution is 5.85. The summed E-state index contributed by atoms with van der Waals surface area (Å²) in [4.78, 5) is 2.37. The Hall–Kier alpha value is -1.54. The Kier molecular flexibility index (Phi) is 2.73. The van der Waals surface area contributed by atoms with E-state index >= 15 is 0 Å². The molecule has 1 aliphatic heterocycles. The van der Waals surface area contributed by atoms with Gasteiger partial charge in [0.05, 0.1) is 0 Å². The number of fused-ring (bicyclic) bond motifs is 1. The summed E-state index contributed by atoms with van der Waals surface area (Å²) in [6.45, 7) is 2.35. The highest BCUT2D eigenvalue weighted by Crippen LogP contribution is 2.26. The van der Waals surface area contributed by atoms with Crippen LogP contribution in [0.1, 0.15) is 6.42 Å². The largest absolute Gasteiger partial charge is 0.396 e. The number of aliphatic hydroxyl groups is 1. The van der Waals surface area contributed by atoms with E-state index in [1.807, 2.05) is 0 Å². The van der Waals surface area contributed by atoms with Crippen molar-refractivity contribution in [2.45, 2.75) is 6.42 Å². The quantitative estimate of drug-likeness (QED) is 0.852. The predicted octanol–water partition coefficient (Wildman–Crippen LogP) is 2.66. The summed E-state index contributed by atoms with van der Waals surface area (Å²) in [5, 5.41) is 11.8. The summed E-state index contributed by atoms with van der Waals surface area (Å²) in [5.74, 6) is 0.446. The summed E-state index contributed by atoms with van der Waals surface area (Å²) in [6, 6.07) is 15.0. The third-order valence-corrected chi connectivity index (χ3v) is 3.64. The lowest BCUT2D eigenvalue weighted by Gasteiger charge is -2.18. The first-order chi connectivity index (χ1) is 8.36. The summed E-state index contributed by atoms with van der Waals surface area (Å²) in [6.07, 6.45) is 1.10. The molecule has 2 heteroatoms. The number of aliphatic hydroxyl groups excluding tert-OH is 1. The molecule has 2 aromatic rings. The molecule has 1 fully saturated rings. The molecule has 0 aromatic heterocycles. The molecule has 3 rings (SSSR count). The molecule has 1 unspecified atom stereocenters. The van der Waals surface area contributed by atoms with E-state index in [2.05, 4.69) is 47.4 Å². The van der Waals surface area contributed by atoms with Gasteiger partial charge in [0, 0.05) is 31.3 Å². The van der Waals surface area contributed by atoms with Gasteiger partial charge in [-0.1, -0.05) is 30.3 Å². The highest BCUT2D eigenvalue weighted by Gasteiger charge is 2.21. The fraction of sp³-hybridized carbons (Fsp3) is 0.333. The fourth-order valence-corrected chi connectivity index (χ4v) is 2.59. The van der Waals surface area contributed by atoms with Crippen LogP contribution in [0, 0.1) is 5.92 Å². The van der Waals surface area contributed by atoms with E-state index in [1.165, 1.54) is 16.5 Å². The lowest BCUT2D eigenvalue weighted by Crippen LogP contribution is -2.20. The number of hydrogen-bond acceptors (Lipinski definition) is 2. The van der Waals surface area contributed by atoms with Gasteiger partial charge >= 0.3 is 0 Å². The second-order valence-electron chi connectivity index (χ2n) is 4.81. The van der Waals surface area contributed by atoms with Crippen LogP contribution in [0.5, 0.6) is 0 Å². The van der Waals surface area contributed by atoms with Crippen LogP contribution in [0.3, 0.4) is 0 Å². The van der Waals surface area contributed by atoms with E-state index in [0.29, 0.717) is 12.5 Å². The molecule has 0 radical (unpaired) electrons. The number of anilines is 1. The molecule has 1 aliphatic rings. The van der Waals surface area contributed by atoms with Crippen LogP contribution < -0.4 is 4.90 Å². The van der Waals surface area contributed by atoms with Gasteiger partial charge in [-0.25, -0.2) is 0 Å². The average Bonchev–Trinajstić information content (AvgIpc) is 2.87. The summed E-state index contributed by atoms with van der Waals surface area (Å²) in [7, 11) is 0. The number of benzene rings is 2. The van der Waals surface area contributed by atoms with E-state index in [9.17, 15) is 5.11 Å². The molecule has 1 N–H and O–H groups in total. The highest BCUT2D eigenvalue weighted by atomic mass is 16.3. The molecule has 0 amide bonds. The van der Waals surface area contributed by atoms with E-state index < -0.39 is 0 Å². The van der Waals surface area contributed by atoms with Crippen LogP contribution >= 0.6 is 0 Å². The van der Waals surface area contributed by atoms with Crippen molar-refractivity contribution in [1.29, 1.82) is 0 Å². The molecule has 0 aliphatic carbocycles. The standard InChI is InChI=1S/C15H17NO/c17-11-12-7-8-16(10-12)15-6-5-13-3-1-2-4-14(13)9-15/h1-6,9,12,17H,7-8,10-11H2. The molecule has 0 bridgehead atoms. The zero-order valence-corrected chi connectivity index (χ0v) is 9.84. The molecule has 1 saturated heterocycles. The third kappa shape index (κ3) is 2.01. The minimum Gasteiger partial charge on any atom is -0.396 e. The van der Waals surface area contributed by atoms with Crippen molar-refractivity contribution >= 4 is 16.5 Å². The van der Waals surface area contributed by atoms with Gasteiger partial charge in [0.2, 0.25) is 0 Å². The van der Waals surface area contributed by atoms with Gasteiger partial charge in [0.1, 0.15) is 0 Å². The smallest absolute Gasteiger partial charge is 0.0476 e. The molecule has 17 heavy (non-hydrogen) atoms. The third-order valence-electron chi connectivity index (χ3n) is 3.64. The maximum atomic E-state index is 9.18. The van der Waals surface area contributed by atoms with Crippen molar-refractivity contribution < 1.29 is 5.11 Å². The minimum atomic E-state index is 0.310. The normalized spacial score (nSPS) is 20.1. The van der Waals surface area contributed by atoms with Gasteiger partial charge in [0.25, 0.3) is 0 Å². The topological polar surface area (TPSA) is 23.5 Å². The molecule has 1 atom stereocenters. The molecule has 0 saturated carbocycles. The zero-order chi connectivity index (χ0) is 11.7. The summed E-state index contributed by atoms with van der Waals surface area (Å²) < 4.78 is 0. The Balaban J connectivity index is 1.91. The second kappa shape index (κ2) is 4.38. The first-order valence-corrected chi connectivity index (χ1v) is 6.21. The molecule has 2 nitrogen and oxygen atoms in total. The van der Waals surface area contributed by atoms with Crippen LogP contribution in [-0.4, -0.2) is 24.8 Å². The van der Waals surface area contributed by atoms with E-state index in [0.717, 1.165) is 19.5 Å². The SMILES string of the molecule is OCC1CCN(c2ccc3ccccc3c2)C1. The van der Waals surface area contributed by atoms with Gasteiger partial charge in [-0.3, -0.25) is 0 Å². The minimum absolute atomic E-state index is 0.310. The van der Waals surface area contributed by atoms with Crippen LogP contribution in [0.15, 0.2) is 42.5 Å². The van der Waals surface area contributed by atoms with Crippen molar-refractivity contribution in [2.24, 2.45) is 5.92 Å². The van der Waals surface area contributed by atoms with Crippen LogP contribution in [0.25, 0.3) is 10.8 Å². The maximum Gasteiger partial charge on any atom is 0.0476 e. The zero-order valence-electron chi connectivity index (χ0n) is 9.84.